The van der Waals surface area contributed by atoms with Crippen molar-refractivity contribution in [2.75, 3.05) is 5.32 Å². The maximum Gasteiger partial charge on any atom is 0.279 e. The summed E-state index contributed by atoms with van der Waals surface area (Å²) in [5.74, 6) is -0.431. The van der Waals surface area contributed by atoms with Crippen molar-refractivity contribution in [3.63, 3.8) is 0 Å². The normalized spacial score (nSPS) is 11.3. The summed E-state index contributed by atoms with van der Waals surface area (Å²) in [6, 6.07) is 17.0. The highest BCUT2D eigenvalue weighted by molar-refractivity contribution is 6.02. The minimum atomic E-state index is -0.437. The lowest BCUT2D eigenvalue weighted by molar-refractivity contribution is 0.101. The zero-order valence-electron chi connectivity index (χ0n) is 16.9. The summed E-state index contributed by atoms with van der Waals surface area (Å²) in [6.07, 6.45) is 4.83. The summed E-state index contributed by atoms with van der Waals surface area (Å²) < 4.78 is 21.7. The fraction of sp³-hybridized carbons (Fsp3) is 0. The average Bonchev–Trinajstić information content (AvgIpc) is 3.57. The number of amides is 1. The molecule has 0 saturated heterocycles. The SMILES string of the molecule is O=C(Nc1cn2nc(-c3c(-c4ccc(F)cc4)nc4ccccn34)ccc2n1)c1ccon1. The Kier molecular flexibility index (Phi) is 4.22. The summed E-state index contributed by atoms with van der Waals surface area (Å²) in [5.41, 5.74) is 4.26. The number of fused-ring (bicyclic) bond motifs is 2. The molecule has 0 unspecified atom stereocenters. The number of hydrogen-bond acceptors (Lipinski definition) is 6. The summed E-state index contributed by atoms with van der Waals surface area (Å²) in [7, 11) is 0. The van der Waals surface area contributed by atoms with E-state index in [1.807, 2.05) is 34.9 Å². The van der Waals surface area contributed by atoms with Gasteiger partial charge in [-0.15, -0.1) is 0 Å². The van der Waals surface area contributed by atoms with Crippen LogP contribution in [-0.4, -0.2) is 35.0 Å². The van der Waals surface area contributed by atoms with Crippen molar-refractivity contribution in [2.45, 2.75) is 0 Å². The molecule has 160 valence electrons. The van der Waals surface area contributed by atoms with Gasteiger partial charge in [0, 0.05) is 17.8 Å². The quantitative estimate of drug-likeness (QED) is 0.444. The van der Waals surface area contributed by atoms with Crippen LogP contribution >= 0.6 is 0 Å². The van der Waals surface area contributed by atoms with Crippen LogP contribution in [0.4, 0.5) is 10.2 Å². The molecule has 0 spiro atoms. The van der Waals surface area contributed by atoms with Gasteiger partial charge >= 0.3 is 0 Å². The van der Waals surface area contributed by atoms with Gasteiger partial charge in [-0.1, -0.05) is 11.2 Å². The van der Waals surface area contributed by atoms with E-state index in [9.17, 15) is 9.18 Å². The number of pyridine rings is 1. The molecule has 9 nitrogen and oxygen atoms in total. The standard InChI is InChI=1S/C23H14FN7O2/c24-15-6-4-14(5-7-15)21-22(30-11-2-1-3-19(30)27-21)16-8-9-20-25-18(13-31(20)28-16)26-23(32)17-10-12-33-29-17/h1-13H,(H,26,32). The van der Waals surface area contributed by atoms with Gasteiger partial charge in [-0.25, -0.2) is 18.9 Å². The van der Waals surface area contributed by atoms with Crippen LogP contribution in [0, 0.1) is 5.82 Å². The molecule has 5 aromatic heterocycles. The molecule has 0 atom stereocenters. The van der Waals surface area contributed by atoms with Gasteiger partial charge in [0.1, 0.15) is 29.1 Å². The molecular weight excluding hydrogens is 425 g/mol. The van der Waals surface area contributed by atoms with Crippen LogP contribution < -0.4 is 5.32 Å². The van der Waals surface area contributed by atoms with Crippen LogP contribution in [0.5, 0.6) is 0 Å². The lowest BCUT2D eigenvalue weighted by atomic mass is 10.1. The highest BCUT2D eigenvalue weighted by Crippen LogP contribution is 2.32. The van der Waals surface area contributed by atoms with Crippen molar-refractivity contribution in [3.05, 3.63) is 90.8 Å². The third-order valence-corrected chi connectivity index (χ3v) is 5.12. The summed E-state index contributed by atoms with van der Waals surface area (Å²) in [4.78, 5) is 21.4. The van der Waals surface area contributed by atoms with E-state index in [2.05, 4.69) is 15.5 Å². The number of imidazole rings is 2. The van der Waals surface area contributed by atoms with Gasteiger partial charge in [0.25, 0.3) is 5.91 Å². The molecule has 0 aliphatic rings. The third kappa shape index (κ3) is 3.30. The minimum Gasteiger partial charge on any atom is -0.364 e. The molecule has 0 fully saturated rings. The fourth-order valence-electron chi connectivity index (χ4n) is 3.63. The van der Waals surface area contributed by atoms with Gasteiger partial charge in [-0.3, -0.25) is 9.20 Å². The Balaban J connectivity index is 1.45. The Morgan fingerprint density at radius 2 is 1.85 bits per heavy atom. The Labute approximate surface area is 185 Å². The first-order valence-corrected chi connectivity index (χ1v) is 9.97. The van der Waals surface area contributed by atoms with Gasteiger partial charge in [0.05, 0.1) is 11.9 Å². The van der Waals surface area contributed by atoms with E-state index in [-0.39, 0.29) is 11.5 Å². The van der Waals surface area contributed by atoms with E-state index in [1.165, 1.54) is 24.5 Å². The number of nitrogens with one attached hydrogen (secondary N) is 1. The molecule has 0 radical (unpaired) electrons. The number of carbonyl (C=O) groups excluding carboxylic acids is 1. The van der Waals surface area contributed by atoms with E-state index in [0.29, 0.717) is 22.9 Å². The van der Waals surface area contributed by atoms with Crippen LogP contribution in [-0.2, 0) is 0 Å². The Bertz CT molecular complexity index is 1620. The Morgan fingerprint density at radius 1 is 0.970 bits per heavy atom. The number of halogens is 1. The first kappa shape index (κ1) is 18.9. The molecule has 6 aromatic rings. The van der Waals surface area contributed by atoms with Crippen LogP contribution in [0.15, 0.2) is 83.8 Å². The van der Waals surface area contributed by atoms with Crippen molar-refractivity contribution >= 4 is 23.0 Å². The predicted molar refractivity (Wildman–Crippen MR) is 117 cm³/mol. The van der Waals surface area contributed by atoms with Crippen molar-refractivity contribution in [1.82, 2.24) is 29.1 Å². The van der Waals surface area contributed by atoms with Gasteiger partial charge in [-0.2, -0.15) is 5.10 Å². The Hall–Kier alpha value is -4.86. The second kappa shape index (κ2) is 7.38. The number of rotatable bonds is 4. The summed E-state index contributed by atoms with van der Waals surface area (Å²) >= 11 is 0. The van der Waals surface area contributed by atoms with Crippen LogP contribution in [0.2, 0.25) is 0 Å². The third-order valence-electron chi connectivity index (χ3n) is 5.12. The second-order valence-corrected chi connectivity index (χ2v) is 7.23. The minimum absolute atomic E-state index is 0.148. The molecule has 6 rings (SSSR count). The van der Waals surface area contributed by atoms with Crippen molar-refractivity contribution < 1.29 is 13.7 Å². The summed E-state index contributed by atoms with van der Waals surface area (Å²) in [6.45, 7) is 0. The topological polar surface area (TPSA) is 103 Å². The van der Waals surface area contributed by atoms with Crippen LogP contribution in [0.1, 0.15) is 10.5 Å². The smallest absolute Gasteiger partial charge is 0.279 e. The molecule has 0 aliphatic carbocycles. The van der Waals surface area contributed by atoms with Crippen molar-refractivity contribution in [1.29, 1.82) is 0 Å². The molecule has 0 saturated carbocycles. The van der Waals surface area contributed by atoms with Gasteiger partial charge in [-0.05, 0) is 48.5 Å². The first-order valence-electron chi connectivity index (χ1n) is 9.97. The van der Waals surface area contributed by atoms with E-state index >= 15 is 0 Å². The molecule has 1 amide bonds. The van der Waals surface area contributed by atoms with E-state index in [4.69, 9.17) is 14.6 Å². The maximum atomic E-state index is 13.5. The fourth-order valence-corrected chi connectivity index (χ4v) is 3.63. The lowest BCUT2D eigenvalue weighted by Crippen LogP contribution is -2.12. The van der Waals surface area contributed by atoms with E-state index < -0.39 is 5.91 Å². The van der Waals surface area contributed by atoms with Crippen molar-refractivity contribution in [3.8, 4) is 22.6 Å². The number of aromatic nitrogens is 6. The largest absolute Gasteiger partial charge is 0.364 e. The number of hydrogen-bond donors (Lipinski definition) is 1. The molecule has 0 aliphatic heterocycles. The van der Waals surface area contributed by atoms with Gasteiger partial charge in [0.2, 0.25) is 0 Å². The van der Waals surface area contributed by atoms with E-state index in [1.54, 1.807) is 28.9 Å². The average molecular weight is 439 g/mol. The molecule has 1 aromatic carbocycles. The molecule has 33 heavy (non-hydrogen) atoms. The predicted octanol–water partition coefficient (Wildman–Crippen LogP) is 4.09. The monoisotopic (exact) mass is 439 g/mol. The number of carbonyl (C=O) groups is 1. The molecule has 1 N–H and O–H groups in total. The first-order chi connectivity index (χ1) is 16.2. The highest BCUT2D eigenvalue weighted by atomic mass is 19.1. The summed E-state index contributed by atoms with van der Waals surface area (Å²) in [5, 5.41) is 11.0. The maximum absolute atomic E-state index is 13.5. The number of anilines is 1. The molecule has 0 bridgehead atoms. The van der Waals surface area contributed by atoms with Crippen LogP contribution in [0.25, 0.3) is 33.9 Å². The van der Waals surface area contributed by atoms with E-state index in [0.717, 1.165) is 16.9 Å². The number of nitrogens with zero attached hydrogens (tertiary/aromatic N) is 6. The second-order valence-electron chi connectivity index (χ2n) is 7.23. The zero-order valence-corrected chi connectivity index (χ0v) is 16.9. The Morgan fingerprint density at radius 3 is 2.67 bits per heavy atom. The van der Waals surface area contributed by atoms with Crippen LogP contribution in [0.3, 0.4) is 0 Å². The number of benzene rings is 1. The zero-order chi connectivity index (χ0) is 22.4. The highest BCUT2D eigenvalue weighted by Gasteiger charge is 2.18. The molecule has 10 heteroatoms. The van der Waals surface area contributed by atoms with Crippen molar-refractivity contribution in [2.24, 2.45) is 0 Å². The van der Waals surface area contributed by atoms with Gasteiger partial charge < -0.3 is 9.84 Å². The van der Waals surface area contributed by atoms with Gasteiger partial charge in [0.15, 0.2) is 17.2 Å². The lowest BCUT2D eigenvalue weighted by Gasteiger charge is -2.05. The molecular formula is C23H14FN7O2. The molecule has 5 heterocycles.